The lowest BCUT2D eigenvalue weighted by Crippen LogP contribution is -2.28. The molecule has 0 saturated heterocycles. The Labute approximate surface area is 211 Å². The number of imidazole rings is 1. The third kappa shape index (κ3) is 5.48. The third-order valence-corrected chi connectivity index (χ3v) is 7.30. The first-order chi connectivity index (χ1) is 17.7. The highest BCUT2D eigenvalue weighted by Crippen LogP contribution is 2.28. The number of rotatable bonds is 10. The number of aromatic amines is 1. The van der Waals surface area contributed by atoms with Gasteiger partial charge in [-0.15, -0.1) is 10.2 Å². The van der Waals surface area contributed by atoms with Crippen molar-refractivity contribution in [3.63, 3.8) is 0 Å². The number of tetrazole rings is 1. The highest BCUT2D eigenvalue weighted by Gasteiger charge is 2.18. The lowest BCUT2D eigenvalue weighted by atomic mass is 9.89. The molecule has 0 unspecified atom stereocenters. The van der Waals surface area contributed by atoms with Crippen LogP contribution in [0.3, 0.4) is 0 Å². The first kappa shape index (κ1) is 24.2. The molecule has 0 bridgehead atoms. The zero-order valence-electron chi connectivity index (χ0n) is 21.1. The summed E-state index contributed by atoms with van der Waals surface area (Å²) in [4.78, 5) is 18.2. The van der Waals surface area contributed by atoms with E-state index in [0.717, 1.165) is 47.5 Å². The number of H-pyrrole nitrogens is 1. The van der Waals surface area contributed by atoms with E-state index in [4.69, 9.17) is 4.98 Å². The highest BCUT2D eigenvalue weighted by atomic mass is 16.1. The molecule has 0 amide bonds. The molecule has 3 heterocycles. The molecule has 4 aromatic rings. The summed E-state index contributed by atoms with van der Waals surface area (Å²) in [7, 11) is 0. The van der Waals surface area contributed by atoms with Gasteiger partial charge >= 0.3 is 5.69 Å². The van der Waals surface area contributed by atoms with Gasteiger partial charge in [-0.25, -0.2) is 4.79 Å². The van der Waals surface area contributed by atoms with Crippen LogP contribution in [0, 0.1) is 5.92 Å². The van der Waals surface area contributed by atoms with Gasteiger partial charge in [0.1, 0.15) is 0 Å². The zero-order chi connectivity index (χ0) is 24.7. The van der Waals surface area contributed by atoms with Crippen LogP contribution < -0.4 is 5.69 Å². The van der Waals surface area contributed by atoms with Crippen molar-refractivity contribution in [2.45, 2.75) is 77.8 Å². The van der Waals surface area contributed by atoms with Gasteiger partial charge < -0.3 is 0 Å². The fraction of sp³-hybridized carbons (Fsp3) is 0.464. The predicted molar refractivity (Wildman–Crippen MR) is 140 cm³/mol. The minimum Gasteiger partial charge on any atom is -0.299 e. The first-order valence-electron chi connectivity index (χ1n) is 13.3. The summed E-state index contributed by atoms with van der Waals surface area (Å²) in [6, 6.07) is 12.0. The highest BCUT2D eigenvalue weighted by molar-refractivity contribution is 5.78. The second-order valence-electron chi connectivity index (χ2n) is 9.94. The van der Waals surface area contributed by atoms with E-state index < -0.39 is 0 Å². The summed E-state index contributed by atoms with van der Waals surface area (Å²) in [6.45, 7) is 3.60. The van der Waals surface area contributed by atoms with Crippen LogP contribution in [0.15, 0.2) is 53.6 Å². The van der Waals surface area contributed by atoms with E-state index in [2.05, 4.69) is 39.8 Å². The lowest BCUT2D eigenvalue weighted by molar-refractivity contribution is 0.315. The number of benzene rings is 1. The molecule has 188 valence electrons. The van der Waals surface area contributed by atoms with Crippen molar-refractivity contribution in [2.24, 2.45) is 5.92 Å². The minimum atomic E-state index is 0.110. The molecule has 0 spiro atoms. The van der Waals surface area contributed by atoms with E-state index in [0.29, 0.717) is 18.3 Å². The molecule has 0 atom stereocenters. The normalized spacial score (nSPS) is 14.4. The Kier molecular flexibility index (Phi) is 7.69. The second kappa shape index (κ2) is 11.5. The number of unbranched alkanes of at least 4 members (excludes halogenated alkanes) is 2. The van der Waals surface area contributed by atoms with Crippen molar-refractivity contribution >= 4 is 0 Å². The van der Waals surface area contributed by atoms with Gasteiger partial charge in [-0.1, -0.05) is 69.4 Å². The van der Waals surface area contributed by atoms with Crippen LogP contribution in [0.1, 0.15) is 69.5 Å². The summed E-state index contributed by atoms with van der Waals surface area (Å²) in [5, 5.41) is 14.4. The Morgan fingerprint density at radius 1 is 1.03 bits per heavy atom. The summed E-state index contributed by atoms with van der Waals surface area (Å²) in [5.74, 6) is 1.16. The number of nitrogens with one attached hydrogen (secondary N) is 1. The van der Waals surface area contributed by atoms with Crippen LogP contribution in [0.25, 0.3) is 22.6 Å². The quantitative estimate of drug-likeness (QED) is 0.310. The van der Waals surface area contributed by atoms with Crippen LogP contribution in [0.4, 0.5) is 0 Å². The van der Waals surface area contributed by atoms with Gasteiger partial charge in [-0.2, -0.15) is 5.21 Å². The van der Waals surface area contributed by atoms with E-state index in [1.165, 1.54) is 44.9 Å². The molecule has 0 aliphatic heterocycles. The molecule has 36 heavy (non-hydrogen) atoms. The molecule has 8 nitrogen and oxygen atoms in total. The van der Waals surface area contributed by atoms with E-state index in [-0.39, 0.29) is 5.69 Å². The van der Waals surface area contributed by atoms with Gasteiger partial charge in [0.15, 0.2) is 0 Å². The number of aromatic nitrogens is 7. The van der Waals surface area contributed by atoms with Gasteiger partial charge in [0.2, 0.25) is 5.82 Å². The van der Waals surface area contributed by atoms with Gasteiger partial charge in [0.25, 0.3) is 0 Å². The van der Waals surface area contributed by atoms with Gasteiger partial charge in [0, 0.05) is 35.8 Å². The van der Waals surface area contributed by atoms with E-state index in [9.17, 15) is 4.79 Å². The Balaban J connectivity index is 1.38. The Bertz CT molecular complexity index is 1300. The molecule has 5 rings (SSSR count). The Morgan fingerprint density at radius 2 is 1.86 bits per heavy atom. The summed E-state index contributed by atoms with van der Waals surface area (Å²) in [6.07, 6.45) is 14.8. The van der Waals surface area contributed by atoms with Crippen LogP contribution in [-0.2, 0) is 19.5 Å². The van der Waals surface area contributed by atoms with Gasteiger partial charge in [-0.05, 0) is 48.4 Å². The third-order valence-electron chi connectivity index (χ3n) is 7.30. The minimum absolute atomic E-state index is 0.110. The SMILES string of the molecule is CCCCCc1cn(CC2CCCCC2)c(=O)n1Cc1ccc(-c2ccccc2-c2nn[nH]n2)nc1. The fourth-order valence-corrected chi connectivity index (χ4v) is 5.32. The molecule has 1 aliphatic rings. The Morgan fingerprint density at radius 3 is 2.58 bits per heavy atom. The molecule has 0 radical (unpaired) electrons. The van der Waals surface area contributed by atoms with E-state index in [1.54, 1.807) is 0 Å². The molecule has 1 N–H and O–H groups in total. The average Bonchev–Trinajstić information content (AvgIpc) is 3.55. The van der Waals surface area contributed by atoms with Crippen molar-refractivity contribution in [3.05, 3.63) is 70.5 Å². The van der Waals surface area contributed by atoms with Crippen molar-refractivity contribution < 1.29 is 0 Å². The number of aryl methyl sites for hydroxylation is 1. The number of pyridine rings is 1. The lowest BCUT2D eigenvalue weighted by Gasteiger charge is -2.21. The van der Waals surface area contributed by atoms with E-state index in [1.807, 2.05) is 45.7 Å². The van der Waals surface area contributed by atoms with Gasteiger partial charge in [-0.3, -0.25) is 14.1 Å². The van der Waals surface area contributed by atoms with Crippen LogP contribution in [0.2, 0.25) is 0 Å². The molecule has 1 saturated carbocycles. The maximum absolute atomic E-state index is 13.4. The molecule has 8 heteroatoms. The number of nitrogens with zero attached hydrogens (tertiary/aromatic N) is 6. The Hall–Kier alpha value is -3.55. The monoisotopic (exact) mass is 485 g/mol. The standard InChI is InChI=1S/C28H35N7O/c1-2-3-5-12-23-20-34(18-21-10-6-4-7-11-21)28(36)35(23)19-22-15-16-26(29-17-22)24-13-8-9-14-25(24)27-30-32-33-31-27/h8-9,13-17,20-21H,2-7,10-12,18-19H2,1H3,(H,30,31,32,33). The van der Waals surface area contributed by atoms with Crippen LogP contribution >= 0.6 is 0 Å². The zero-order valence-corrected chi connectivity index (χ0v) is 21.1. The van der Waals surface area contributed by atoms with Gasteiger partial charge in [0.05, 0.1) is 12.2 Å². The molecule has 1 fully saturated rings. The smallest absolute Gasteiger partial charge is 0.299 e. The molecule has 1 aliphatic carbocycles. The molecular formula is C28H35N7O. The first-order valence-corrected chi connectivity index (χ1v) is 13.3. The summed E-state index contributed by atoms with van der Waals surface area (Å²) >= 11 is 0. The average molecular weight is 486 g/mol. The van der Waals surface area contributed by atoms with Crippen molar-refractivity contribution in [1.82, 2.24) is 34.7 Å². The number of hydrogen-bond acceptors (Lipinski definition) is 5. The summed E-state index contributed by atoms with van der Waals surface area (Å²) < 4.78 is 3.93. The van der Waals surface area contributed by atoms with Crippen molar-refractivity contribution in [2.75, 3.05) is 0 Å². The fourth-order valence-electron chi connectivity index (χ4n) is 5.32. The summed E-state index contributed by atoms with van der Waals surface area (Å²) in [5.41, 5.74) is 4.92. The van der Waals surface area contributed by atoms with Crippen LogP contribution in [-0.4, -0.2) is 34.7 Å². The van der Waals surface area contributed by atoms with Crippen molar-refractivity contribution in [3.8, 4) is 22.6 Å². The molecule has 1 aromatic carbocycles. The largest absolute Gasteiger partial charge is 0.328 e. The van der Waals surface area contributed by atoms with E-state index >= 15 is 0 Å². The van der Waals surface area contributed by atoms with Crippen molar-refractivity contribution in [1.29, 1.82) is 0 Å². The van der Waals surface area contributed by atoms with Crippen LogP contribution in [0.5, 0.6) is 0 Å². The maximum atomic E-state index is 13.4. The number of hydrogen-bond donors (Lipinski definition) is 1. The topological polar surface area (TPSA) is 94.3 Å². The maximum Gasteiger partial charge on any atom is 0.328 e. The second-order valence-corrected chi connectivity index (χ2v) is 9.94. The molecule has 3 aromatic heterocycles. The molecular weight excluding hydrogens is 450 g/mol. The predicted octanol–water partition coefficient (Wildman–Crippen LogP) is 5.25.